The highest BCUT2D eigenvalue weighted by molar-refractivity contribution is 5.80. The molecule has 2 rings (SSSR count). The van der Waals surface area contributed by atoms with Crippen LogP contribution in [0.1, 0.15) is 26.5 Å². The van der Waals surface area contributed by atoms with Crippen molar-refractivity contribution in [2.45, 2.75) is 32.7 Å². The van der Waals surface area contributed by atoms with E-state index in [1.165, 1.54) is 4.68 Å². The van der Waals surface area contributed by atoms with Gasteiger partial charge in [-0.05, 0) is 20.8 Å². The van der Waals surface area contributed by atoms with Crippen LogP contribution >= 0.6 is 0 Å². The summed E-state index contributed by atoms with van der Waals surface area (Å²) in [5.41, 5.74) is 0.448. The van der Waals surface area contributed by atoms with E-state index in [-0.39, 0.29) is 13.0 Å². The number of carboxylic acid groups (broad SMARTS) is 1. The van der Waals surface area contributed by atoms with E-state index in [1.54, 1.807) is 20.8 Å². The van der Waals surface area contributed by atoms with E-state index >= 15 is 0 Å². The lowest BCUT2D eigenvalue weighted by atomic mass is 10.0. The highest BCUT2D eigenvalue weighted by Crippen LogP contribution is 2.28. The number of aliphatic carboxylic acids is 1. The minimum absolute atomic E-state index is 0.250. The molecule has 0 amide bonds. The number of nitrogens with zero attached hydrogens (tertiary/aromatic N) is 3. The van der Waals surface area contributed by atoms with Gasteiger partial charge in [-0.1, -0.05) is 35.5 Å². The lowest BCUT2D eigenvalue weighted by Crippen LogP contribution is -2.39. The van der Waals surface area contributed by atoms with E-state index in [9.17, 15) is 9.59 Å². The predicted octanol–water partition coefficient (Wildman–Crippen LogP) is 1.87. The number of carbonyl (C=O) groups is 2. The molecule has 1 aromatic carbocycles. The first-order valence-corrected chi connectivity index (χ1v) is 7.27. The van der Waals surface area contributed by atoms with Crippen LogP contribution in [0.2, 0.25) is 0 Å². The molecule has 7 nitrogen and oxygen atoms in total. The highest BCUT2D eigenvalue weighted by Gasteiger charge is 2.36. The second-order valence-electron chi connectivity index (χ2n) is 5.51. The van der Waals surface area contributed by atoms with Crippen molar-refractivity contribution in [2.75, 3.05) is 6.61 Å². The molecule has 2 aromatic rings. The number of hydrogen-bond donors (Lipinski definition) is 1. The van der Waals surface area contributed by atoms with E-state index in [1.807, 2.05) is 30.3 Å². The van der Waals surface area contributed by atoms with Gasteiger partial charge in [0.2, 0.25) is 0 Å². The minimum Gasteiger partial charge on any atom is -0.481 e. The molecular formula is C16H19N3O4. The molecule has 0 atom stereocenters. The Bertz CT molecular complexity index is 707. The van der Waals surface area contributed by atoms with Crippen LogP contribution in [0.15, 0.2) is 30.3 Å². The van der Waals surface area contributed by atoms with Crippen LogP contribution in [0, 0.1) is 0 Å². The fraction of sp³-hybridized carbons (Fsp3) is 0.375. The minimum atomic E-state index is -1.11. The molecular weight excluding hydrogens is 298 g/mol. The topological polar surface area (TPSA) is 94.3 Å². The van der Waals surface area contributed by atoms with E-state index in [4.69, 9.17) is 9.84 Å². The molecule has 0 spiro atoms. The Hall–Kier alpha value is -2.70. The number of esters is 1. The summed E-state index contributed by atoms with van der Waals surface area (Å²) >= 11 is 0. The molecule has 1 heterocycles. The van der Waals surface area contributed by atoms with Crippen molar-refractivity contribution in [2.24, 2.45) is 0 Å². The SMILES string of the molecule is CCOC(=O)C(C)(C)n1nnc(CC(=O)O)c1-c1ccccc1. The van der Waals surface area contributed by atoms with Crippen molar-refractivity contribution in [3.63, 3.8) is 0 Å². The van der Waals surface area contributed by atoms with Gasteiger partial charge >= 0.3 is 11.9 Å². The van der Waals surface area contributed by atoms with Gasteiger partial charge in [-0.3, -0.25) is 4.79 Å². The Labute approximate surface area is 133 Å². The maximum absolute atomic E-state index is 12.3. The second-order valence-corrected chi connectivity index (χ2v) is 5.51. The molecule has 23 heavy (non-hydrogen) atoms. The molecule has 0 bridgehead atoms. The lowest BCUT2D eigenvalue weighted by molar-refractivity contribution is -0.152. The summed E-state index contributed by atoms with van der Waals surface area (Å²) in [6, 6.07) is 9.15. The molecule has 0 aliphatic heterocycles. The van der Waals surface area contributed by atoms with Crippen molar-refractivity contribution in [3.8, 4) is 11.3 Å². The molecule has 0 aliphatic carbocycles. The van der Waals surface area contributed by atoms with Crippen LogP contribution in [0.3, 0.4) is 0 Å². The summed E-state index contributed by atoms with van der Waals surface area (Å²) in [6.45, 7) is 5.30. The quantitative estimate of drug-likeness (QED) is 0.817. The fourth-order valence-electron chi connectivity index (χ4n) is 2.25. The van der Waals surface area contributed by atoms with Gasteiger partial charge in [-0.15, -0.1) is 5.10 Å². The van der Waals surface area contributed by atoms with E-state index in [2.05, 4.69) is 10.3 Å². The normalized spacial score (nSPS) is 11.3. The van der Waals surface area contributed by atoms with Gasteiger partial charge in [-0.2, -0.15) is 0 Å². The van der Waals surface area contributed by atoms with Crippen molar-refractivity contribution in [1.29, 1.82) is 0 Å². The number of aromatic nitrogens is 3. The highest BCUT2D eigenvalue weighted by atomic mass is 16.5. The number of benzene rings is 1. The Morgan fingerprint density at radius 2 is 1.91 bits per heavy atom. The Morgan fingerprint density at radius 1 is 1.26 bits per heavy atom. The number of carboxylic acids is 1. The van der Waals surface area contributed by atoms with Crippen LogP contribution in [0.25, 0.3) is 11.3 Å². The van der Waals surface area contributed by atoms with E-state index < -0.39 is 17.5 Å². The van der Waals surface area contributed by atoms with Gasteiger partial charge in [-0.25, -0.2) is 9.48 Å². The predicted molar refractivity (Wildman–Crippen MR) is 82.8 cm³/mol. The first-order chi connectivity index (χ1) is 10.9. The average Bonchev–Trinajstić information content (AvgIpc) is 2.92. The molecule has 1 N–H and O–H groups in total. The summed E-state index contributed by atoms with van der Waals surface area (Å²) in [5.74, 6) is -1.47. The van der Waals surface area contributed by atoms with Gasteiger partial charge in [0.25, 0.3) is 0 Å². The summed E-state index contributed by atoms with van der Waals surface area (Å²) in [5, 5.41) is 17.1. The molecule has 7 heteroatoms. The maximum atomic E-state index is 12.3. The van der Waals surface area contributed by atoms with Gasteiger partial charge in [0.15, 0.2) is 5.54 Å². The maximum Gasteiger partial charge on any atom is 0.333 e. The summed E-state index contributed by atoms with van der Waals surface area (Å²) in [7, 11) is 0. The zero-order chi connectivity index (χ0) is 17.0. The number of rotatable bonds is 6. The number of carbonyl (C=O) groups excluding carboxylic acids is 1. The zero-order valence-corrected chi connectivity index (χ0v) is 13.3. The summed E-state index contributed by atoms with van der Waals surface area (Å²) in [4.78, 5) is 23.3. The fourth-order valence-corrected chi connectivity index (χ4v) is 2.25. The molecule has 122 valence electrons. The van der Waals surface area contributed by atoms with Crippen LogP contribution in [0.5, 0.6) is 0 Å². The van der Waals surface area contributed by atoms with Crippen molar-refractivity contribution < 1.29 is 19.4 Å². The molecule has 0 saturated carbocycles. The second kappa shape index (κ2) is 6.60. The number of ether oxygens (including phenoxy) is 1. The third-order valence-corrected chi connectivity index (χ3v) is 3.41. The molecule has 0 fully saturated rings. The molecule has 1 aromatic heterocycles. The van der Waals surface area contributed by atoms with Gasteiger partial charge < -0.3 is 9.84 Å². The van der Waals surface area contributed by atoms with Crippen LogP contribution in [-0.4, -0.2) is 38.6 Å². The van der Waals surface area contributed by atoms with Crippen molar-refractivity contribution in [1.82, 2.24) is 15.0 Å². The van der Waals surface area contributed by atoms with E-state index in [0.717, 1.165) is 5.56 Å². The zero-order valence-electron chi connectivity index (χ0n) is 13.3. The van der Waals surface area contributed by atoms with Crippen molar-refractivity contribution in [3.05, 3.63) is 36.0 Å². The van der Waals surface area contributed by atoms with Crippen LogP contribution in [0.4, 0.5) is 0 Å². The molecule has 0 radical (unpaired) electrons. The van der Waals surface area contributed by atoms with Gasteiger partial charge in [0.1, 0.15) is 5.69 Å². The lowest BCUT2D eigenvalue weighted by Gasteiger charge is -2.24. The third kappa shape index (κ3) is 3.39. The monoisotopic (exact) mass is 317 g/mol. The smallest absolute Gasteiger partial charge is 0.333 e. The Balaban J connectivity index is 2.58. The van der Waals surface area contributed by atoms with Gasteiger partial charge in [0, 0.05) is 5.56 Å². The average molecular weight is 317 g/mol. The summed E-state index contributed by atoms with van der Waals surface area (Å²) < 4.78 is 6.53. The van der Waals surface area contributed by atoms with Crippen LogP contribution in [-0.2, 0) is 26.3 Å². The first-order valence-electron chi connectivity index (χ1n) is 7.27. The Morgan fingerprint density at radius 3 is 2.48 bits per heavy atom. The van der Waals surface area contributed by atoms with Gasteiger partial charge in [0.05, 0.1) is 18.7 Å². The molecule has 0 aliphatic rings. The standard InChI is InChI=1S/C16H19N3O4/c1-4-23-15(22)16(2,3)19-14(11-8-6-5-7-9-11)12(17-18-19)10-13(20)21/h5-9H,4,10H2,1-3H3,(H,20,21). The molecule has 0 unspecified atom stereocenters. The number of hydrogen-bond acceptors (Lipinski definition) is 5. The van der Waals surface area contributed by atoms with Crippen LogP contribution < -0.4 is 0 Å². The Kier molecular flexibility index (Phi) is 4.78. The van der Waals surface area contributed by atoms with E-state index in [0.29, 0.717) is 11.4 Å². The third-order valence-electron chi connectivity index (χ3n) is 3.41. The molecule has 0 saturated heterocycles. The summed E-state index contributed by atoms with van der Waals surface area (Å²) in [6.07, 6.45) is -0.275. The largest absolute Gasteiger partial charge is 0.481 e. The van der Waals surface area contributed by atoms with Crippen molar-refractivity contribution >= 4 is 11.9 Å². The first kappa shape index (κ1) is 16.7.